The monoisotopic (exact) mass is 432 g/mol. The molecule has 0 heterocycles. The molecule has 0 saturated heterocycles. The Kier molecular flexibility index (Phi) is 7.86. The number of rotatable bonds is 9. The van der Waals surface area contributed by atoms with E-state index in [1.54, 1.807) is 37.4 Å². The van der Waals surface area contributed by atoms with Crippen LogP contribution in [-0.2, 0) is 16.0 Å². The van der Waals surface area contributed by atoms with Gasteiger partial charge in [-0.1, -0.05) is 48.5 Å². The first-order valence-corrected chi connectivity index (χ1v) is 10.4. The van der Waals surface area contributed by atoms with Crippen molar-refractivity contribution in [3.05, 3.63) is 102 Å². The third-order valence-corrected chi connectivity index (χ3v) is 5.17. The van der Waals surface area contributed by atoms with E-state index in [2.05, 4.69) is 5.32 Å². The largest absolute Gasteiger partial charge is 0.345 e. The predicted molar refractivity (Wildman–Crippen MR) is 122 cm³/mol. The fourth-order valence-electron chi connectivity index (χ4n) is 3.43. The van der Waals surface area contributed by atoms with Gasteiger partial charge in [-0.15, -0.1) is 0 Å². The van der Waals surface area contributed by atoms with Crippen LogP contribution in [0.15, 0.2) is 84.9 Å². The maximum Gasteiger partial charge on any atom is 0.251 e. The van der Waals surface area contributed by atoms with Crippen LogP contribution in [0.25, 0.3) is 0 Å². The molecule has 6 heteroatoms. The fraction of sp³-hybridized carbons (Fsp3) is 0.192. The highest BCUT2D eigenvalue weighted by molar-refractivity contribution is 5.99. The molecule has 1 atom stereocenters. The first-order chi connectivity index (χ1) is 15.4. The summed E-state index contributed by atoms with van der Waals surface area (Å²) in [6, 6.07) is 23.7. The van der Waals surface area contributed by atoms with Crippen molar-refractivity contribution in [2.45, 2.75) is 12.8 Å². The van der Waals surface area contributed by atoms with Crippen LogP contribution < -0.4 is 10.2 Å². The van der Waals surface area contributed by atoms with Crippen molar-refractivity contribution in [2.24, 2.45) is 5.92 Å². The normalized spacial score (nSPS) is 11.4. The number of hydrogen-bond donors (Lipinski definition) is 1. The van der Waals surface area contributed by atoms with Crippen LogP contribution in [0.4, 0.5) is 10.1 Å². The number of anilines is 1. The number of Topliss-reactive ketones (excluding diaryl/α,β-unsaturated/α-hetero) is 1. The molecule has 1 N–H and O–H groups in total. The molecule has 3 aromatic carbocycles. The van der Waals surface area contributed by atoms with E-state index in [9.17, 15) is 18.8 Å². The Morgan fingerprint density at radius 1 is 0.875 bits per heavy atom. The molecular formula is C26H25FN2O3. The van der Waals surface area contributed by atoms with Crippen molar-refractivity contribution in [2.75, 3.05) is 18.5 Å². The van der Waals surface area contributed by atoms with Gasteiger partial charge in [0.05, 0.1) is 6.54 Å². The van der Waals surface area contributed by atoms with Crippen LogP contribution in [0.5, 0.6) is 0 Å². The van der Waals surface area contributed by atoms with E-state index < -0.39 is 5.92 Å². The van der Waals surface area contributed by atoms with Gasteiger partial charge in [-0.2, -0.15) is 0 Å². The smallest absolute Gasteiger partial charge is 0.251 e. The zero-order valence-corrected chi connectivity index (χ0v) is 17.8. The summed E-state index contributed by atoms with van der Waals surface area (Å²) in [6.45, 7) is -0.160. The molecule has 2 amide bonds. The molecule has 0 aromatic heterocycles. The molecule has 32 heavy (non-hydrogen) atoms. The van der Waals surface area contributed by atoms with Gasteiger partial charge in [0.2, 0.25) is 5.91 Å². The summed E-state index contributed by atoms with van der Waals surface area (Å²) in [6.07, 6.45) is 0.359. The zero-order chi connectivity index (χ0) is 22.9. The Balaban J connectivity index is 1.69. The third-order valence-electron chi connectivity index (χ3n) is 5.17. The van der Waals surface area contributed by atoms with Crippen molar-refractivity contribution < 1.29 is 18.8 Å². The Morgan fingerprint density at radius 3 is 2.09 bits per heavy atom. The van der Waals surface area contributed by atoms with Crippen molar-refractivity contribution in [3.8, 4) is 0 Å². The van der Waals surface area contributed by atoms with Gasteiger partial charge in [-0.3, -0.25) is 14.4 Å². The topological polar surface area (TPSA) is 66.5 Å². The van der Waals surface area contributed by atoms with Crippen LogP contribution in [0.3, 0.4) is 0 Å². The number of hydrogen-bond acceptors (Lipinski definition) is 3. The number of ketones is 1. The second kappa shape index (κ2) is 11.0. The molecule has 0 unspecified atom stereocenters. The minimum Gasteiger partial charge on any atom is -0.345 e. The molecule has 164 valence electrons. The molecular weight excluding hydrogens is 407 g/mol. The average Bonchev–Trinajstić information content (AvgIpc) is 2.83. The fourth-order valence-corrected chi connectivity index (χ4v) is 3.43. The number of carbonyl (C=O) groups excluding carboxylic acids is 3. The van der Waals surface area contributed by atoms with E-state index in [4.69, 9.17) is 0 Å². The van der Waals surface area contributed by atoms with Gasteiger partial charge >= 0.3 is 0 Å². The second-order valence-corrected chi connectivity index (χ2v) is 7.55. The van der Waals surface area contributed by atoms with Gasteiger partial charge in [0.1, 0.15) is 5.82 Å². The highest BCUT2D eigenvalue weighted by Crippen LogP contribution is 2.20. The lowest BCUT2D eigenvalue weighted by Gasteiger charge is -2.24. The van der Waals surface area contributed by atoms with E-state index in [0.717, 1.165) is 5.56 Å². The Hall–Kier alpha value is -3.80. The van der Waals surface area contributed by atoms with E-state index in [1.165, 1.54) is 29.2 Å². The van der Waals surface area contributed by atoms with E-state index in [0.29, 0.717) is 17.7 Å². The Labute approximate surface area is 186 Å². The summed E-state index contributed by atoms with van der Waals surface area (Å²) in [5.74, 6) is -1.83. The maximum atomic E-state index is 13.3. The highest BCUT2D eigenvalue weighted by Gasteiger charge is 2.26. The van der Waals surface area contributed by atoms with Gasteiger partial charge in [0, 0.05) is 30.6 Å². The van der Waals surface area contributed by atoms with E-state index in [1.807, 2.05) is 30.3 Å². The number of carbonyl (C=O) groups is 3. The van der Waals surface area contributed by atoms with Crippen molar-refractivity contribution in [1.29, 1.82) is 0 Å². The Bertz CT molecular complexity index is 1050. The molecule has 5 nitrogen and oxygen atoms in total. The molecule has 0 spiro atoms. The SMILES string of the molecule is CN(C(=O)[C@@H](CC(=O)CNC(=O)c1ccccc1)Cc1ccccc1)c1ccc(F)cc1. The zero-order valence-electron chi connectivity index (χ0n) is 17.8. The molecule has 0 fully saturated rings. The maximum absolute atomic E-state index is 13.3. The van der Waals surface area contributed by atoms with E-state index >= 15 is 0 Å². The van der Waals surface area contributed by atoms with Crippen molar-refractivity contribution >= 4 is 23.3 Å². The third kappa shape index (κ3) is 6.35. The summed E-state index contributed by atoms with van der Waals surface area (Å²) >= 11 is 0. The summed E-state index contributed by atoms with van der Waals surface area (Å²) in [5, 5.41) is 2.62. The van der Waals surface area contributed by atoms with Gasteiger partial charge in [-0.05, 0) is 48.4 Å². The van der Waals surface area contributed by atoms with Crippen LogP contribution in [0.1, 0.15) is 22.3 Å². The first-order valence-electron chi connectivity index (χ1n) is 10.4. The number of nitrogens with one attached hydrogen (secondary N) is 1. The number of nitrogens with zero attached hydrogens (tertiary/aromatic N) is 1. The van der Waals surface area contributed by atoms with Crippen LogP contribution in [-0.4, -0.2) is 31.2 Å². The molecule has 0 saturated carbocycles. The Morgan fingerprint density at radius 2 is 1.47 bits per heavy atom. The summed E-state index contributed by atoms with van der Waals surface area (Å²) < 4.78 is 13.3. The van der Waals surface area contributed by atoms with Crippen LogP contribution in [0, 0.1) is 11.7 Å². The first kappa shape index (κ1) is 22.9. The van der Waals surface area contributed by atoms with Gasteiger partial charge in [0.25, 0.3) is 5.91 Å². The molecule has 0 radical (unpaired) electrons. The lowest BCUT2D eigenvalue weighted by atomic mass is 9.92. The van der Waals surface area contributed by atoms with Gasteiger partial charge in [-0.25, -0.2) is 4.39 Å². The molecule has 0 aliphatic heterocycles. The minimum absolute atomic E-state index is 0.0195. The summed E-state index contributed by atoms with van der Waals surface area (Å²) in [4.78, 5) is 39.5. The quantitative estimate of drug-likeness (QED) is 0.555. The summed E-state index contributed by atoms with van der Waals surface area (Å²) in [5.41, 5.74) is 1.94. The second-order valence-electron chi connectivity index (χ2n) is 7.55. The lowest BCUT2D eigenvalue weighted by Crippen LogP contribution is -2.37. The van der Waals surface area contributed by atoms with Crippen molar-refractivity contribution in [1.82, 2.24) is 5.32 Å². The van der Waals surface area contributed by atoms with Gasteiger partial charge < -0.3 is 10.2 Å². The van der Waals surface area contributed by atoms with Gasteiger partial charge in [0.15, 0.2) is 5.78 Å². The number of amides is 2. The molecule has 3 rings (SSSR count). The molecule has 0 bridgehead atoms. The highest BCUT2D eigenvalue weighted by atomic mass is 19.1. The summed E-state index contributed by atoms with van der Waals surface area (Å²) in [7, 11) is 1.61. The number of halogens is 1. The van der Waals surface area contributed by atoms with E-state index in [-0.39, 0.29) is 36.4 Å². The standard InChI is InChI=1S/C26H25FN2O3/c1-29(23-14-12-22(27)13-15-23)26(32)21(16-19-8-4-2-5-9-19)17-24(30)18-28-25(31)20-10-6-3-7-11-20/h2-15,21H,16-18H2,1H3,(H,28,31)/t21-/m1/s1. The number of benzene rings is 3. The average molecular weight is 432 g/mol. The molecule has 0 aliphatic carbocycles. The van der Waals surface area contributed by atoms with Crippen LogP contribution >= 0.6 is 0 Å². The molecule has 0 aliphatic rings. The molecule has 3 aromatic rings. The minimum atomic E-state index is -0.617. The van der Waals surface area contributed by atoms with Crippen LogP contribution in [0.2, 0.25) is 0 Å². The van der Waals surface area contributed by atoms with Crippen molar-refractivity contribution in [3.63, 3.8) is 0 Å². The lowest BCUT2D eigenvalue weighted by molar-refractivity contribution is -0.127. The predicted octanol–water partition coefficient (Wildman–Crippen LogP) is 4.04.